The third-order valence-electron chi connectivity index (χ3n) is 1.68. The summed E-state index contributed by atoms with van der Waals surface area (Å²) in [6.45, 7) is 0. The summed E-state index contributed by atoms with van der Waals surface area (Å²) in [5.41, 5.74) is -0.772. The number of hydrogen-bond donors (Lipinski definition) is 0. The monoisotopic (exact) mass is 350 g/mol. The first-order chi connectivity index (χ1) is 6.91. The molecule has 0 radical (unpaired) electrons. The summed E-state index contributed by atoms with van der Waals surface area (Å²) < 4.78 is 55.9. The zero-order valence-corrected chi connectivity index (χ0v) is 10.4. The largest absolute Gasteiger partial charge is 0.491 e. The van der Waals surface area contributed by atoms with Crippen LogP contribution in [0.3, 0.4) is 0 Å². The summed E-state index contributed by atoms with van der Waals surface area (Å²) in [7, 11) is 0.916. The van der Waals surface area contributed by atoms with Gasteiger partial charge in [-0.2, -0.15) is 8.78 Å². The molecule has 0 aliphatic carbocycles. The van der Waals surface area contributed by atoms with Crippen molar-refractivity contribution in [1.82, 2.24) is 0 Å². The first kappa shape index (κ1) is 12.8. The number of halogens is 6. The second-order valence-electron chi connectivity index (χ2n) is 2.50. The van der Waals surface area contributed by atoms with E-state index in [9.17, 15) is 17.6 Å². The molecular weight excluding hydrogens is 348 g/mol. The lowest BCUT2D eigenvalue weighted by atomic mass is 10.2. The number of ether oxygens (including phenoxy) is 1. The maximum atomic E-state index is 13.2. The second-order valence-corrected chi connectivity index (χ2v) is 5.56. The fourth-order valence-electron chi connectivity index (χ4n) is 0.999. The van der Waals surface area contributed by atoms with E-state index >= 15 is 0 Å². The fraction of sp³-hybridized carbons (Fsp3) is 0.250. The van der Waals surface area contributed by atoms with Crippen LogP contribution in [-0.4, -0.2) is 7.11 Å². The lowest BCUT2D eigenvalue weighted by Gasteiger charge is -2.11. The molecule has 7 heteroatoms. The molecule has 1 rings (SSSR count). The number of alkyl halides is 2. The maximum absolute atomic E-state index is 13.2. The lowest BCUT2D eigenvalue weighted by molar-refractivity contribution is 0.330. The third kappa shape index (κ3) is 2.13. The van der Waals surface area contributed by atoms with E-state index in [-0.39, 0.29) is 0 Å². The Labute approximate surface area is 99.7 Å². The number of benzene rings is 1. The van der Waals surface area contributed by atoms with E-state index in [2.05, 4.69) is 36.6 Å². The van der Waals surface area contributed by atoms with Crippen molar-refractivity contribution >= 4 is 31.9 Å². The van der Waals surface area contributed by atoms with E-state index in [4.69, 9.17) is 0 Å². The van der Waals surface area contributed by atoms with Gasteiger partial charge in [0.1, 0.15) is 3.74 Å². The molecule has 84 valence electrons. The minimum absolute atomic E-state index is 0.772. The Morgan fingerprint density at radius 3 is 1.60 bits per heavy atom. The Balaban J connectivity index is 3.59. The van der Waals surface area contributed by atoms with Gasteiger partial charge in [-0.25, -0.2) is 8.78 Å². The van der Waals surface area contributed by atoms with Gasteiger partial charge >= 0.3 is 0 Å². The predicted octanol–water partition coefficient (Wildman–Crippen LogP) is 4.04. The van der Waals surface area contributed by atoms with E-state index in [0.717, 1.165) is 7.11 Å². The molecule has 0 bridgehead atoms. The molecular formula is C8H4Br2F4O. The Bertz CT molecular complexity index is 366. The molecule has 0 spiro atoms. The van der Waals surface area contributed by atoms with Crippen molar-refractivity contribution < 1.29 is 22.3 Å². The molecule has 1 nitrogen and oxygen atoms in total. The van der Waals surface area contributed by atoms with Gasteiger partial charge in [-0.05, 0) is 0 Å². The second kappa shape index (κ2) is 4.69. The van der Waals surface area contributed by atoms with Crippen LogP contribution in [0.4, 0.5) is 17.6 Å². The average molecular weight is 352 g/mol. The molecule has 0 unspecified atom stereocenters. The summed E-state index contributed by atoms with van der Waals surface area (Å²) in [5.74, 6) is -7.19. The SMILES string of the molecule is COc1c(F)c(F)c(C(Br)Br)c(F)c1F. The van der Waals surface area contributed by atoms with Gasteiger partial charge in [0.05, 0.1) is 12.7 Å². The maximum Gasteiger partial charge on any atom is 0.204 e. The first-order valence-electron chi connectivity index (χ1n) is 3.59. The highest BCUT2D eigenvalue weighted by atomic mass is 79.9. The van der Waals surface area contributed by atoms with Crippen molar-refractivity contribution in [2.24, 2.45) is 0 Å². The van der Waals surface area contributed by atoms with Crippen molar-refractivity contribution in [3.05, 3.63) is 28.8 Å². The zero-order valence-electron chi connectivity index (χ0n) is 7.25. The molecule has 0 aromatic heterocycles. The van der Waals surface area contributed by atoms with E-state index in [1.165, 1.54) is 0 Å². The smallest absolute Gasteiger partial charge is 0.204 e. The quantitative estimate of drug-likeness (QED) is 0.444. The van der Waals surface area contributed by atoms with Crippen LogP contribution in [0.2, 0.25) is 0 Å². The van der Waals surface area contributed by atoms with Crippen molar-refractivity contribution in [2.75, 3.05) is 7.11 Å². The molecule has 1 aromatic rings. The summed E-state index contributed by atoms with van der Waals surface area (Å²) in [5, 5.41) is 0. The molecule has 1 aromatic carbocycles. The number of rotatable bonds is 2. The van der Waals surface area contributed by atoms with Gasteiger partial charge in [0.15, 0.2) is 17.4 Å². The molecule has 0 saturated carbocycles. The van der Waals surface area contributed by atoms with Crippen LogP contribution < -0.4 is 4.74 Å². The average Bonchev–Trinajstić information content (AvgIpc) is 2.16. The van der Waals surface area contributed by atoms with Gasteiger partial charge < -0.3 is 4.74 Å². The Morgan fingerprint density at radius 2 is 1.33 bits per heavy atom. The minimum Gasteiger partial charge on any atom is -0.491 e. The molecule has 0 aliphatic rings. The summed E-state index contributed by atoms with van der Waals surface area (Å²) in [6.07, 6.45) is 0. The van der Waals surface area contributed by atoms with Crippen molar-refractivity contribution in [3.63, 3.8) is 0 Å². The van der Waals surface area contributed by atoms with Crippen molar-refractivity contribution in [2.45, 2.75) is 3.74 Å². The van der Waals surface area contributed by atoms with Crippen LogP contribution >= 0.6 is 31.9 Å². The normalized spacial score (nSPS) is 10.9. The standard InChI is InChI=1S/C8H4Br2F4O/c1-15-7-5(13)3(11)2(8(9)10)4(12)6(7)14/h8H,1H3. The lowest BCUT2D eigenvalue weighted by Crippen LogP contribution is -2.05. The Hall–Kier alpha value is -0.300. The summed E-state index contributed by atoms with van der Waals surface area (Å²) in [6, 6.07) is 0. The highest BCUT2D eigenvalue weighted by Gasteiger charge is 2.28. The van der Waals surface area contributed by atoms with Crippen LogP contribution in [-0.2, 0) is 0 Å². The van der Waals surface area contributed by atoms with Crippen LogP contribution in [0.15, 0.2) is 0 Å². The van der Waals surface area contributed by atoms with E-state index < -0.39 is 38.3 Å². The van der Waals surface area contributed by atoms with Crippen LogP contribution in [0.25, 0.3) is 0 Å². The first-order valence-corrected chi connectivity index (χ1v) is 5.42. The molecule has 0 heterocycles. The van der Waals surface area contributed by atoms with Crippen molar-refractivity contribution in [1.29, 1.82) is 0 Å². The number of hydrogen-bond acceptors (Lipinski definition) is 1. The molecule has 0 saturated heterocycles. The Kier molecular flexibility index (Phi) is 3.99. The van der Waals surface area contributed by atoms with E-state index in [1.54, 1.807) is 0 Å². The van der Waals surface area contributed by atoms with Crippen molar-refractivity contribution in [3.8, 4) is 5.75 Å². The Morgan fingerprint density at radius 1 is 0.933 bits per heavy atom. The van der Waals surface area contributed by atoms with Gasteiger partial charge in [0.25, 0.3) is 0 Å². The van der Waals surface area contributed by atoms with Gasteiger partial charge in [-0.3, -0.25) is 0 Å². The summed E-state index contributed by atoms with van der Waals surface area (Å²) >= 11 is 5.52. The van der Waals surface area contributed by atoms with Crippen LogP contribution in [0.1, 0.15) is 9.30 Å². The van der Waals surface area contributed by atoms with Gasteiger partial charge in [0.2, 0.25) is 11.6 Å². The molecule has 0 atom stereocenters. The van der Waals surface area contributed by atoms with Crippen LogP contribution in [0, 0.1) is 23.3 Å². The van der Waals surface area contributed by atoms with Crippen LogP contribution in [0.5, 0.6) is 5.75 Å². The predicted molar refractivity (Wildman–Crippen MR) is 53.4 cm³/mol. The molecule has 0 fully saturated rings. The molecule has 15 heavy (non-hydrogen) atoms. The molecule has 0 aliphatic heterocycles. The third-order valence-corrected chi connectivity index (χ3v) is 2.60. The highest BCUT2D eigenvalue weighted by Crippen LogP contribution is 2.38. The highest BCUT2D eigenvalue weighted by molar-refractivity contribution is 9.24. The van der Waals surface area contributed by atoms with E-state index in [0.29, 0.717) is 0 Å². The van der Waals surface area contributed by atoms with E-state index in [1.807, 2.05) is 0 Å². The zero-order chi connectivity index (χ0) is 11.7. The summed E-state index contributed by atoms with van der Waals surface area (Å²) in [4.78, 5) is 0. The topological polar surface area (TPSA) is 9.23 Å². The van der Waals surface area contributed by atoms with Gasteiger partial charge in [0, 0.05) is 0 Å². The fourth-order valence-corrected chi connectivity index (χ4v) is 1.80. The van der Waals surface area contributed by atoms with Gasteiger partial charge in [-0.15, -0.1) is 0 Å². The number of methoxy groups -OCH3 is 1. The minimum atomic E-state index is -1.56. The molecule has 0 amide bonds. The van der Waals surface area contributed by atoms with Gasteiger partial charge in [-0.1, -0.05) is 31.9 Å². The molecule has 0 N–H and O–H groups in total.